The third kappa shape index (κ3) is 2.10. The number of carbonyl (C=O) groups is 2. The number of nitrogens with zero attached hydrogens (tertiary/aromatic N) is 1. The van der Waals surface area contributed by atoms with Gasteiger partial charge in [0.1, 0.15) is 5.82 Å². The highest BCUT2D eigenvalue weighted by Crippen LogP contribution is 2.32. The lowest BCUT2D eigenvalue weighted by Crippen LogP contribution is -2.32. The van der Waals surface area contributed by atoms with Gasteiger partial charge in [-0.15, -0.1) is 12.3 Å². The Hall–Kier alpha value is -2.12. The predicted octanol–water partition coefficient (Wildman–Crippen LogP) is 2.86. The average Bonchev–Trinajstić information content (AvgIpc) is 2.58. The van der Waals surface area contributed by atoms with Crippen LogP contribution in [0.5, 0.6) is 0 Å². The average molecular weight is 292 g/mol. The van der Waals surface area contributed by atoms with E-state index in [1.165, 1.54) is 19.9 Å². The Kier molecular flexibility index (Phi) is 3.65. The van der Waals surface area contributed by atoms with Crippen LogP contribution in [0.25, 0.3) is 0 Å². The van der Waals surface area contributed by atoms with Crippen LogP contribution in [0.15, 0.2) is 23.3 Å². The lowest BCUT2D eigenvalue weighted by molar-refractivity contribution is -0.120. The summed E-state index contributed by atoms with van der Waals surface area (Å²) < 4.78 is 14.0. The molecule has 0 aliphatic carbocycles. The van der Waals surface area contributed by atoms with Crippen LogP contribution in [0.3, 0.4) is 0 Å². The van der Waals surface area contributed by atoms with Crippen molar-refractivity contribution in [2.24, 2.45) is 0 Å². The molecule has 0 aromatic heterocycles. The van der Waals surface area contributed by atoms with E-state index < -0.39 is 17.6 Å². The molecule has 1 aromatic rings. The molecule has 0 saturated heterocycles. The molecule has 2 amide bonds. The number of hydrogen-bond donors (Lipinski definition) is 0. The maximum atomic E-state index is 14.0. The fourth-order valence-corrected chi connectivity index (χ4v) is 2.18. The second-order valence-electron chi connectivity index (χ2n) is 4.47. The van der Waals surface area contributed by atoms with E-state index >= 15 is 0 Å². The van der Waals surface area contributed by atoms with Crippen LogP contribution in [0.2, 0.25) is 5.02 Å². The lowest BCUT2D eigenvalue weighted by atomic mass is 10.1. The van der Waals surface area contributed by atoms with Crippen molar-refractivity contribution in [2.75, 3.05) is 4.90 Å². The van der Waals surface area contributed by atoms with Crippen molar-refractivity contribution in [1.82, 2.24) is 0 Å². The number of rotatable bonds is 2. The minimum atomic E-state index is -0.736. The lowest BCUT2D eigenvalue weighted by Gasteiger charge is -2.17. The van der Waals surface area contributed by atoms with Crippen LogP contribution in [-0.4, -0.2) is 11.8 Å². The summed E-state index contributed by atoms with van der Waals surface area (Å²) in [6.45, 7) is 3.07. The zero-order valence-corrected chi connectivity index (χ0v) is 11.7. The molecule has 1 aliphatic heterocycles. The van der Waals surface area contributed by atoms with E-state index in [1.54, 1.807) is 0 Å². The van der Waals surface area contributed by atoms with E-state index in [2.05, 4.69) is 5.92 Å². The molecule has 0 bridgehead atoms. The number of halogens is 2. The number of hydrogen-bond acceptors (Lipinski definition) is 2. The molecule has 1 heterocycles. The SMILES string of the molecule is C#CCc1cc(N2C(=O)C(C)=C(C)C2=O)c(F)cc1Cl. The van der Waals surface area contributed by atoms with Gasteiger partial charge in [-0.1, -0.05) is 11.6 Å². The Morgan fingerprint density at radius 2 is 1.80 bits per heavy atom. The number of imide groups is 1. The largest absolute Gasteiger partial charge is 0.269 e. The van der Waals surface area contributed by atoms with Gasteiger partial charge in [-0.3, -0.25) is 9.59 Å². The molecule has 0 fully saturated rings. The van der Waals surface area contributed by atoms with Crippen molar-refractivity contribution in [3.63, 3.8) is 0 Å². The van der Waals surface area contributed by atoms with Crippen molar-refractivity contribution in [3.05, 3.63) is 39.7 Å². The van der Waals surface area contributed by atoms with Crippen LogP contribution < -0.4 is 4.90 Å². The summed E-state index contributed by atoms with van der Waals surface area (Å²) in [5, 5.41) is 0.171. The van der Waals surface area contributed by atoms with Crippen molar-refractivity contribution < 1.29 is 14.0 Å². The summed E-state index contributed by atoms with van der Waals surface area (Å²) >= 11 is 5.88. The molecule has 0 spiro atoms. The maximum absolute atomic E-state index is 14.0. The van der Waals surface area contributed by atoms with Crippen molar-refractivity contribution >= 4 is 29.1 Å². The second kappa shape index (κ2) is 5.10. The van der Waals surface area contributed by atoms with Crippen LogP contribution in [0.1, 0.15) is 19.4 Å². The fourth-order valence-electron chi connectivity index (χ4n) is 1.96. The highest BCUT2D eigenvalue weighted by Gasteiger charge is 2.36. The number of terminal acetylenes is 1. The van der Waals surface area contributed by atoms with E-state index in [9.17, 15) is 14.0 Å². The molecule has 0 atom stereocenters. The van der Waals surface area contributed by atoms with Gasteiger partial charge in [0.15, 0.2) is 0 Å². The van der Waals surface area contributed by atoms with Gasteiger partial charge in [0.2, 0.25) is 0 Å². The molecule has 0 unspecified atom stereocenters. The van der Waals surface area contributed by atoms with Crippen LogP contribution in [-0.2, 0) is 16.0 Å². The monoisotopic (exact) mass is 291 g/mol. The summed E-state index contributed by atoms with van der Waals surface area (Å²) in [7, 11) is 0. The van der Waals surface area contributed by atoms with Crippen molar-refractivity contribution in [2.45, 2.75) is 20.3 Å². The van der Waals surface area contributed by atoms with Gasteiger partial charge < -0.3 is 0 Å². The zero-order valence-electron chi connectivity index (χ0n) is 11.0. The van der Waals surface area contributed by atoms with Gasteiger partial charge in [0.05, 0.1) is 5.69 Å². The summed E-state index contributed by atoms with van der Waals surface area (Å²) in [4.78, 5) is 24.9. The standard InChI is InChI=1S/C15H11ClFNO2/c1-4-5-10-6-13(12(17)7-11(10)16)18-14(19)8(2)9(3)15(18)20/h1,6-7H,5H2,2-3H3. The Morgan fingerprint density at radius 3 is 2.30 bits per heavy atom. The number of carbonyl (C=O) groups excluding carboxylic acids is 2. The van der Waals surface area contributed by atoms with Gasteiger partial charge in [-0.05, 0) is 31.5 Å². The molecule has 102 valence electrons. The molecule has 2 rings (SSSR count). The maximum Gasteiger partial charge on any atom is 0.261 e. The third-order valence-corrected chi connectivity index (χ3v) is 3.61. The van der Waals surface area contributed by atoms with Gasteiger partial charge in [0, 0.05) is 22.6 Å². The van der Waals surface area contributed by atoms with Gasteiger partial charge in [0.25, 0.3) is 11.8 Å². The summed E-state index contributed by atoms with van der Waals surface area (Å²) in [6.07, 6.45) is 5.40. The van der Waals surface area contributed by atoms with Crippen LogP contribution >= 0.6 is 11.6 Å². The first-order valence-corrected chi connectivity index (χ1v) is 6.24. The van der Waals surface area contributed by atoms with Gasteiger partial charge >= 0.3 is 0 Å². The summed E-state index contributed by atoms with van der Waals surface area (Å²) in [5.41, 5.74) is 0.991. The molecule has 3 nitrogen and oxygen atoms in total. The number of anilines is 1. The van der Waals surface area contributed by atoms with Gasteiger partial charge in [-0.2, -0.15) is 0 Å². The fraction of sp³-hybridized carbons (Fsp3) is 0.200. The molecular weight excluding hydrogens is 281 g/mol. The van der Waals surface area contributed by atoms with E-state index in [4.69, 9.17) is 18.0 Å². The quantitative estimate of drug-likeness (QED) is 0.621. The van der Waals surface area contributed by atoms with E-state index in [0.717, 1.165) is 11.0 Å². The summed E-state index contributed by atoms with van der Waals surface area (Å²) in [5.74, 6) is 0.605. The van der Waals surface area contributed by atoms with Crippen LogP contribution in [0, 0.1) is 18.2 Å². The Bertz CT molecular complexity index is 677. The molecule has 0 radical (unpaired) electrons. The first-order chi connectivity index (χ1) is 9.38. The Balaban J connectivity index is 2.55. The third-order valence-electron chi connectivity index (χ3n) is 3.26. The minimum absolute atomic E-state index is 0.120. The molecule has 20 heavy (non-hydrogen) atoms. The van der Waals surface area contributed by atoms with E-state index in [1.807, 2.05) is 0 Å². The normalized spacial score (nSPS) is 15.1. The molecule has 1 aromatic carbocycles. The van der Waals surface area contributed by atoms with Gasteiger partial charge in [-0.25, -0.2) is 9.29 Å². The molecular formula is C15H11ClFNO2. The smallest absolute Gasteiger partial charge is 0.261 e. The second-order valence-corrected chi connectivity index (χ2v) is 4.88. The van der Waals surface area contributed by atoms with Crippen molar-refractivity contribution in [1.29, 1.82) is 0 Å². The summed E-state index contributed by atoms with van der Waals surface area (Å²) in [6, 6.07) is 2.41. The van der Waals surface area contributed by atoms with Crippen LogP contribution in [0.4, 0.5) is 10.1 Å². The highest BCUT2D eigenvalue weighted by atomic mass is 35.5. The first kappa shape index (κ1) is 14.3. The molecule has 5 heteroatoms. The molecule has 0 N–H and O–H groups in total. The van der Waals surface area contributed by atoms with E-state index in [-0.39, 0.29) is 17.1 Å². The Labute approximate surface area is 121 Å². The highest BCUT2D eigenvalue weighted by molar-refractivity contribution is 6.33. The minimum Gasteiger partial charge on any atom is -0.269 e. The molecule has 1 aliphatic rings. The predicted molar refractivity (Wildman–Crippen MR) is 74.8 cm³/mol. The Morgan fingerprint density at radius 1 is 1.25 bits per heavy atom. The number of amides is 2. The molecule has 0 saturated carbocycles. The first-order valence-electron chi connectivity index (χ1n) is 5.86. The van der Waals surface area contributed by atoms with Crippen molar-refractivity contribution in [3.8, 4) is 12.3 Å². The van der Waals surface area contributed by atoms with E-state index in [0.29, 0.717) is 16.7 Å². The topological polar surface area (TPSA) is 37.4 Å². The number of benzene rings is 1. The zero-order chi connectivity index (χ0) is 15.0.